The van der Waals surface area contributed by atoms with Crippen LogP contribution in [0.4, 0.5) is 11.5 Å². The summed E-state index contributed by atoms with van der Waals surface area (Å²) in [6.45, 7) is 8.18. The van der Waals surface area contributed by atoms with Gasteiger partial charge in [-0.2, -0.15) is 5.10 Å². The summed E-state index contributed by atoms with van der Waals surface area (Å²) in [5.41, 5.74) is 10.9. The highest BCUT2D eigenvalue weighted by Gasteiger charge is 2.23. The molecule has 0 bridgehead atoms. The number of hydrogen-bond donors (Lipinski definition) is 2. The minimum atomic E-state index is -0.249. The first-order valence-corrected chi connectivity index (χ1v) is 10.2. The smallest absolute Gasteiger partial charge is 0.255 e. The van der Waals surface area contributed by atoms with Gasteiger partial charge in [0.25, 0.3) is 5.91 Å². The van der Waals surface area contributed by atoms with Crippen LogP contribution in [-0.2, 0) is 12.0 Å². The average molecular weight is 415 g/mol. The van der Waals surface area contributed by atoms with Gasteiger partial charge < -0.3 is 11.1 Å². The predicted octanol–water partition coefficient (Wildman–Crippen LogP) is 4.32. The van der Waals surface area contributed by atoms with Crippen molar-refractivity contribution >= 4 is 28.4 Å². The van der Waals surface area contributed by atoms with E-state index in [-0.39, 0.29) is 11.4 Å². The van der Waals surface area contributed by atoms with Crippen LogP contribution in [0.2, 0.25) is 0 Å². The monoisotopic (exact) mass is 414 g/mol. The molecule has 158 valence electrons. The van der Waals surface area contributed by atoms with Crippen LogP contribution in [0.5, 0.6) is 0 Å². The number of nitrogens with one attached hydrogen (secondary N) is 1. The summed E-state index contributed by atoms with van der Waals surface area (Å²) in [5.74, 6) is 0.278. The van der Waals surface area contributed by atoms with Crippen molar-refractivity contribution in [1.82, 2.24) is 19.7 Å². The quantitative estimate of drug-likeness (QED) is 0.518. The van der Waals surface area contributed by atoms with Gasteiger partial charge in [0.2, 0.25) is 0 Å². The standard InChI is InChI=1S/C24H26N6O/c1-15-7-5-9-17(11-15)23(31)28-18-10-6-8-16(12-18)13-19-20-21(25)26-14-27-22(20)30(29-19)24(2,3)4/h5-12,14H,13H2,1-4H3,(H,28,31)(H2,25,26,27). The third kappa shape index (κ3) is 4.26. The van der Waals surface area contributed by atoms with Crippen molar-refractivity contribution in [2.24, 2.45) is 0 Å². The van der Waals surface area contributed by atoms with Crippen molar-refractivity contribution in [3.63, 3.8) is 0 Å². The fourth-order valence-electron chi connectivity index (χ4n) is 3.58. The SMILES string of the molecule is Cc1cccc(C(=O)Nc2cccc(Cc3nn(C(C)(C)C)c4ncnc(N)c34)c2)c1. The number of fused-ring (bicyclic) bond motifs is 1. The molecule has 0 radical (unpaired) electrons. The first kappa shape index (κ1) is 20.5. The highest BCUT2D eigenvalue weighted by Crippen LogP contribution is 2.28. The molecule has 0 aliphatic rings. The van der Waals surface area contributed by atoms with Gasteiger partial charge in [0, 0.05) is 17.7 Å². The summed E-state index contributed by atoms with van der Waals surface area (Å²) in [7, 11) is 0. The van der Waals surface area contributed by atoms with E-state index in [0.29, 0.717) is 17.8 Å². The second-order valence-electron chi connectivity index (χ2n) is 8.69. The molecule has 0 atom stereocenters. The first-order valence-electron chi connectivity index (χ1n) is 10.2. The van der Waals surface area contributed by atoms with E-state index in [9.17, 15) is 4.79 Å². The van der Waals surface area contributed by atoms with Gasteiger partial charge in [0.1, 0.15) is 12.1 Å². The molecule has 0 aliphatic heterocycles. The lowest BCUT2D eigenvalue weighted by Crippen LogP contribution is -2.23. The number of aromatic nitrogens is 4. The van der Waals surface area contributed by atoms with Crippen LogP contribution in [0, 0.1) is 6.92 Å². The summed E-state index contributed by atoms with van der Waals surface area (Å²) < 4.78 is 1.89. The van der Waals surface area contributed by atoms with E-state index in [1.54, 1.807) is 6.07 Å². The van der Waals surface area contributed by atoms with E-state index >= 15 is 0 Å². The Hall–Kier alpha value is -3.74. The molecule has 2 aromatic carbocycles. The lowest BCUT2D eigenvalue weighted by Gasteiger charge is -2.19. The Balaban J connectivity index is 1.64. The van der Waals surface area contributed by atoms with E-state index in [1.807, 2.05) is 54.1 Å². The number of nitrogens with zero attached hydrogens (tertiary/aromatic N) is 4. The molecule has 7 heteroatoms. The second kappa shape index (κ2) is 7.83. The minimum Gasteiger partial charge on any atom is -0.383 e. The molecule has 0 spiro atoms. The molecule has 0 unspecified atom stereocenters. The maximum Gasteiger partial charge on any atom is 0.255 e. The molecule has 4 rings (SSSR count). The summed E-state index contributed by atoms with van der Waals surface area (Å²) >= 11 is 0. The molecule has 3 N–H and O–H groups in total. The molecule has 0 aliphatic carbocycles. The molecular weight excluding hydrogens is 388 g/mol. The van der Waals surface area contributed by atoms with Crippen molar-refractivity contribution in [2.75, 3.05) is 11.1 Å². The van der Waals surface area contributed by atoms with Crippen molar-refractivity contribution in [2.45, 2.75) is 39.7 Å². The number of nitrogen functional groups attached to an aromatic ring is 1. The molecule has 4 aromatic rings. The van der Waals surface area contributed by atoms with E-state index in [2.05, 4.69) is 36.1 Å². The number of aryl methyl sites for hydroxylation is 1. The van der Waals surface area contributed by atoms with Crippen LogP contribution in [0.1, 0.15) is 48.0 Å². The van der Waals surface area contributed by atoms with Crippen LogP contribution in [0.15, 0.2) is 54.9 Å². The third-order valence-electron chi connectivity index (χ3n) is 5.04. The van der Waals surface area contributed by atoms with Gasteiger partial charge in [-0.05, 0) is 57.5 Å². The van der Waals surface area contributed by atoms with Gasteiger partial charge in [-0.3, -0.25) is 4.79 Å². The zero-order chi connectivity index (χ0) is 22.2. The number of amides is 1. The van der Waals surface area contributed by atoms with Crippen molar-refractivity contribution in [3.05, 3.63) is 77.2 Å². The van der Waals surface area contributed by atoms with Crippen molar-refractivity contribution in [1.29, 1.82) is 0 Å². The Morgan fingerprint density at radius 2 is 1.87 bits per heavy atom. The molecule has 0 saturated carbocycles. The number of rotatable bonds is 4. The maximum atomic E-state index is 12.6. The first-order chi connectivity index (χ1) is 14.7. The molecule has 1 amide bonds. The van der Waals surface area contributed by atoms with E-state index in [1.165, 1.54) is 6.33 Å². The summed E-state index contributed by atoms with van der Waals surface area (Å²) in [4.78, 5) is 21.2. The summed E-state index contributed by atoms with van der Waals surface area (Å²) in [5, 5.41) is 8.56. The lowest BCUT2D eigenvalue weighted by atomic mass is 10.1. The van der Waals surface area contributed by atoms with Gasteiger partial charge in [-0.15, -0.1) is 0 Å². The minimum absolute atomic E-state index is 0.138. The van der Waals surface area contributed by atoms with Gasteiger partial charge >= 0.3 is 0 Å². The Morgan fingerprint density at radius 1 is 1.10 bits per heavy atom. The van der Waals surface area contributed by atoms with Crippen LogP contribution in [-0.4, -0.2) is 25.7 Å². The number of carbonyl (C=O) groups is 1. The number of benzene rings is 2. The highest BCUT2D eigenvalue weighted by atomic mass is 16.1. The van der Waals surface area contributed by atoms with Crippen molar-refractivity contribution in [3.8, 4) is 0 Å². The topological polar surface area (TPSA) is 98.7 Å². The number of carbonyl (C=O) groups excluding carboxylic acids is 1. The normalized spacial score (nSPS) is 11.6. The second-order valence-corrected chi connectivity index (χ2v) is 8.69. The molecule has 0 fully saturated rings. The fraction of sp³-hybridized carbons (Fsp3) is 0.250. The zero-order valence-corrected chi connectivity index (χ0v) is 18.2. The van der Waals surface area contributed by atoms with Crippen LogP contribution < -0.4 is 11.1 Å². The van der Waals surface area contributed by atoms with Gasteiger partial charge in [0.15, 0.2) is 5.65 Å². The highest BCUT2D eigenvalue weighted by molar-refractivity contribution is 6.04. The Kier molecular flexibility index (Phi) is 5.19. The molecule has 31 heavy (non-hydrogen) atoms. The zero-order valence-electron chi connectivity index (χ0n) is 18.2. The van der Waals surface area contributed by atoms with E-state index in [4.69, 9.17) is 10.8 Å². The van der Waals surface area contributed by atoms with E-state index < -0.39 is 0 Å². The van der Waals surface area contributed by atoms with Crippen LogP contribution in [0.25, 0.3) is 11.0 Å². The number of nitrogens with two attached hydrogens (primary N) is 1. The Morgan fingerprint density at radius 3 is 2.61 bits per heavy atom. The molecule has 0 saturated heterocycles. The lowest BCUT2D eigenvalue weighted by molar-refractivity contribution is 0.102. The van der Waals surface area contributed by atoms with Gasteiger partial charge in [-0.1, -0.05) is 29.8 Å². The molecule has 2 aromatic heterocycles. The largest absolute Gasteiger partial charge is 0.383 e. The maximum absolute atomic E-state index is 12.6. The van der Waals surface area contributed by atoms with Gasteiger partial charge in [-0.25, -0.2) is 14.6 Å². The predicted molar refractivity (Wildman–Crippen MR) is 123 cm³/mol. The van der Waals surface area contributed by atoms with Crippen LogP contribution >= 0.6 is 0 Å². The summed E-state index contributed by atoms with van der Waals surface area (Å²) in [6, 6.07) is 15.3. The molecule has 7 nitrogen and oxygen atoms in total. The van der Waals surface area contributed by atoms with Crippen molar-refractivity contribution < 1.29 is 4.79 Å². The summed E-state index contributed by atoms with van der Waals surface area (Å²) in [6.07, 6.45) is 2.01. The van der Waals surface area contributed by atoms with Crippen LogP contribution in [0.3, 0.4) is 0 Å². The van der Waals surface area contributed by atoms with E-state index in [0.717, 1.165) is 33.5 Å². The third-order valence-corrected chi connectivity index (χ3v) is 5.04. The number of hydrogen-bond acceptors (Lipinski definition) is 5. The molecular formula is C24H26N6O. The van der Waals surface area contributed by atoms with Gasteiger partial charge in [0.05, 0.1) is 16.6 Å². The Bertz CT molecular complexity index is 1270. The number of anilines is 2. The fourth-order valence-corrected chi connectivity index (χ4v) is 3.58. The Labute approximate surface area is 181 Å². The molecule has 2 heterocycles. The average Bonchev–Trinajstić information content (AvgIpc) is 3.08.